The van der Waals surface area contributed by atoms with Gasteiger partial charge in [0.15, 0.2) is 0 Å². The summed E-state index contributed by atoms with van der Waals surface area (Å²) < 4.78 is 16.6. The fraction of sp³-hybridized carbons (Fsp3) is 0.308. The Morgan fingerprint density at radius 1 is 1.09 bits per heavy atom. The maximum absolute atomic E-state index is 13.5. The zero-order chi connectivity index (χ0) is 24.5. The van der Waals surface area contributed by atoms with Gasteiger partial charge in [-0.25, -0.2) is 4.98 Å². The van der Waals surface area contributed by atoms with Gasteiger partial charge in [-0.15, -0.1) is 0 Å². The molecule has 3 aromatic heterocycles. The largest absolute Gasteiger partial charge is 0.466 e. The van der Waals surface area contributed by atoms with Gasteiger partial charge >= 0.3 is 0 Å². The molecule has 1 aliphatic rings. The Hall–Kier alpha value is -3.98. The molecule has 180 valence electrons. The molecule has 1 atom stereocenters. The molecule has 0 aliphatic carbocycles. The standard InChI is InChI=1S/C26H26N4O5/c1-14-11-19(16(3)34-14)22-12-20(23-15(2)30-35-26(23)29-22)25(32)28-21-9-5-4-8-18(21)24(31)27-13-17-7-6-10-33-17/h4-5,8-9,11-12,17H,6-7,10,13H2,1-3H3,(H,27,31)(H,28,32)/t17-/m1/s1. The third-order valence-corrected chi connectivity index (χ3v) is 6.11. The minimum absolute atomic E-state index is 0.0239. The van der Waals surface area contributed by atoms with E-state index in [9.17, 15) is 9.59 Å². The van der Waals surface area contributed by atoms with Crippen LogP contribution in [0.2, 0.25) is 0 Å². The number of carbonyl (C=O) groups excluding carboxylic acids is 2. The molecule has 1 saturated heterocycles. The molecule has 2 amide bonds. The molecule has 0 radical (unpaired) electrons. The number of benzene rings is 1. The lowest BCUT2D eigenvalue weighted by Gasteiger charge is -2.14. The van der Waals surface area contributed by atoms with Crippen LogP contribution in [0, 0.1) is 20.8 Å². The fourth-order valence-electron chi connectivity index (χ4n) is 4.38. The van der Waals surface area contributed by atoms with E-state index in [1.54, 1.807) is 37.3 Å². The highest BCUT2D eigenvalue weighted by Crippen LogP contribution is 2.31. The van der Waals surface area contributed by atoms with E-state index in [1.165, 1.54) is 0 Å². The van der Waals surface area contributed by atoms with Crippen molar-refractivity contribution in [1.82, 2.24) is 15.5 Å². The van der Waals surface area contributed by atoms with Crippen LogP contribution < -0.4 is 10.6 Å². The zero-order valence-corrected chi connectivity index (χ0v) is 19.8. The number of nitrogens with zero attached hydrogens (tertiary/aromatic N) is 2. The summed E-state index contributed by atoms with van der Waals surface area (Å²) in [6.07, 6.45) is 1.94. The Morgan fingerprint density at radius 3 is 2.66 bits per heavy atom. The number of hydrogen-bond acceptors (Lipinski definition) is 7. The van der Waals surface area contributed by atoms with E-state index in [-0.39, 0.29) is 17.7 Å². The van der Waals surface area contributed by atoms with Crippen molar-refractivity contribution < 1.29 is 23.3 Å². The highest BCUT2D eigenvalue weighted by Gasteiger charge is 2.23. The summed E-state index contributed by atoms with van der Waals surface area (Å²) in [4.78, 5) is 30.9. The Balaban J connectivity index is 1.46. The lowest BCUT2D eigenvalue weighted by Crippen LogP contribution is -2.32. The van der Waals surface area contributed by atoms with Crippen molar-refractivity contribution in [3.8, 4) is 11.3 Å². The second-order valence-corrected chi connectivity index (χ2v) is 8.67. The van der Waals surface area contributed by atoms with Crippen molar-refractivity contribution in [2.75, 3.05) is 18.5 Å². The van der Waals surface area contributed by atoms with E-state index in [1.807, 2.05) is 19.9 Å². The number of hydrogen-bond donors (Lipinski definition) is 2. The van der Waals surface area contributed by atoms with Crippen LogP contribution in [0.5, 0.6) is 0 Å². The number of aromatic nitrogens is 2. The van der Waals surface area contributed by atoms with E-state index in [0.717, 1.165) is 30.8 Å². The molecule has 2 N–H and O–H groups in total. The van der Waals surface area contributed by atoms with Gasteiger partial charge in [-0.3, -0.25) is 9.59 Å². The summed E-state index contributed by atoms with van der Waals surface area (Å²) in [5.41, 5.74) is 3.22. The average Bonchev–Trinajstić information content (AvgIpc) is 3.58. The molecule has 0 bridgehead atoms. The molecule has 35 heavy (non-hydrogen) atoms. The maximum atomic E-state index is 13.5. The lowest BCUT2D eigenvalue weighted by atomic mass is 10.0. The minimum Gasteiger partial charge on any atom is -0.466 e. The Morgan fingerprint density at radius 2 is 1.91 bits per heavy atom. The number of furan rings is 1. The van der Waals surface area contributed by atoms with Gasteiger partial charge in [0.1, 0.15) is 11.5 Å². The fourth-order valence-corrected chi connectivity index (χ4v) is 4.38. The van der Waals surface area contributed by atoms with Crippen LogP contribution in [-0.4, -0.2) is 41.2 Å². The lowest BCUT2D eigenvalue weighted by molar-refractivity contribution is 0.0858. The third kappa shape index (κ3) is 4.54. The van der Waals surface area contributed by atoms with Gasteiger partial charge in [0.25, 0.3) is 17.5 Å². The van der Waals surface area contributed by atoms with Crippen molar-refractivity contribution in [1.29, 1.82) is 0 Å². The molecule has 1 aromatic carbocycles. The molecule has 1 fully saturated rings. The molecule has 0 spiro atoms. The maximum Gasteiger partial charge on any atom is 0.259 e. The second-order valence-electron chi connectivity index (χ2n) is 8.67. The van der Waals surface area contributed by atoms with Gasteiger partial charge in [-0.05, 0) is 57.9 Å². The zero-order valence-electron chi connectivity index (χ0n) is 19.8. The summed E-state index contributed by atoms with van der Waals surface area (Å²) >= 11 is 0. The van der Waals surface area contributed by atoms with Crippen molar-refractivity contribution in [2.24, 2.45) is 0 Å². The number of para-hydroxylation sites is 1. The summed E-state index contributed by atoms with van der Waals surface area (Å²) in [5.74, 6) is 0.747. The minimum atomic E-state index is -0.401. The van der Waals surface area contributed by atoms with Crippen LogP contribution >= 0.6 is 0 Å². The molecule has 9 heteroatoms. The number of anilines is 1. The smallest absolute Gasteiger partial charge is 0.259 e. The van der Waals surface area contributed by atoms with Crippen LogP contribution in [0.15, 0.2) is 45.3 Å². The van der Waals surface area contributed by atoms with Crippen molar-refractivity contribution in [3.63, 3.8) is 0 Å². The Bertz CT molecular complexity index is 1410. The third-order valence-electron chi connectivity index (χ3n) is 6.11. The van der Waals surface area contributed by atoms with Crippen molar-refractivity contribution in [3.05, 3.63) is 64.7 Å². The van der Waals surface area contributed by atoms with E-state index in [4.69, 9.17) is 13.7 Å². The van der Waals surface area contributed by atoms with Gasteiger partial charge in [-0.2, -0.15) is 0 Å². The van der Waals surface area contributed by atoms with Gasteiger partial charge in [-0.1, -0.05) is 17.3 Å². The van der Waals surface area contributed by atoms with E-state index >= 15 is 0 Å². The highest BCUT2D eigenvalue weighted by molar-refractivity contribution is 6.15. The first-order valence-corrected chi connectivity index (χ1v) is 11.6. The highest BCUT2D eigenvalue weighted by atomic mass is 16.5. The number of aryl methyl sites for hydroxylation is 3. The number of pyridine rings is 1. The van der Waals surface area contributed by atoms with Gasteiger partial charge in [0, 0.05) is 18.7 Å². The average molecular weight is 475 g/mol. The molecule has 9 nitrogen and oxygen atoms in total. The molecular formula is C26H26N4O5. The molecule has 4 heterocycles. The first-order valence-electron chi connectivity index (χ1n) is 11.6. The van der Waals surface area contributed by atoms with E-state index < -0.39 is 5.91 Å². The molecule has 0 unspecified atom stereocenters. The summed E-state index contributed by atoms with van der Waals surface area (Å²) in [5, 5.41) is 10.3. The SMILES string of the molecule is Cc1cc(-c2cc(C(=O)Nc3ccccc3C(=O)NC[C@H]3CCCO3)c3c(C)noc3n2)c(C)o1. The topological polar surface area (TPSA) is 119 Å². The number of fused-ring (bicyclic) bond motifs is 1. The van der Waals surface area contributed by atoms with Crippen molar-refractivity contribution in [2.45, 2.75) is 39.7 Å². The number of ether oxygens (including phenoxy) is 1. The predicted molar refractivity (Wildman–Crippen MR) is 129 cm³/mol. The van der Waals surface area contributed by atoms with Crippen LogP contribution in [0.1, 0.15) is 50.8 Å². The van der Waals surface area contributed by atoms with Gasteiger partial charge in [0.2, 0.25) is 0 Å². The number of carbonyl (C=O) groups is 2. The van der Waals surface area contributed by atoms with Crippen LogP contribution in [0.3, 0.4) is 0 Å². The Labute approximate surface area is 201 Å². The number of amides is 2. The van der Waals surface area contributed by atoms with Crippen LogP contribution in [0.4, 0.5) is 5.69 Å². The monoisotopic (exact) mass is 474 g/mol. The summed E-state index contributed by atoms with van der Waals surface area (Å²) in [6, 6.07) is 10.5. The molecule has 5 rings (SSSR count). The van der Waals surface area contributed by atoms with Crippen molar-refractivity contribution >= 4 is 28.6 Å². The number of nitrogens with one attached hydrogen (secondary N) is 2. The Kier molecular flexibility index (Phi) is 6.08. The first kappa shape index (κ1) is 22.8. The van der Waals surface area contributed by atoms with Gasteiger partial charge < -0.3 is 24.3 Å². The molecular weight excluding hydrogens is 448 g/mol. The summed E-state index contributed by atoms with van der Waals surface area (Å²) in [7, 11) is 0. The van der Waals surface area contributed by atoms with E-state index in [0.29, 0.717) is 45.9 Å². The summed E-state index contributed by atoms with van der Waals surface area (Å²) in [6.45, 7) is 6.59. The van der Waals surface area contributed by atoms with Crippen LogP contribution in [0.25, 0.3) is 22.4 Å². The normalized spacial score (nSPS) is 15.5. The second kappa shape index (κ2) is 9.34. The molecule has 1 aliphatic heterocycles. The van der Waals surface area contributed by atoms with Crippen LogP contribution in [-0.2, 0) is 4.74 Å². The predicted octanol–water partition coefficient (Wildman–Crippen LogP) is 4.57. The van der Waals surface area contributed by atoms with E-state index in [2.05, 4.69) is 20.8 Å². The first-order chi connectivity index (χ1) is 16.9. The quantitative estimate of drug-likeness (QED) is 0.420. The molecule has 4 aromatic rings. The number of rotatable bonds is 6. The van der Waals surface area contributed by atoms with Gasteiger partial charge in [0.05, 0.1) is 39.7 Å². The molecule has 0 saturated carbocycles.